The Kier molecular flexibility index (Phi) is 3.14. The number of anilines is 1. The molecule has 1 aliphatic rings. The fraction of sp³-hybridized carbons (Fsp3) is 0.357. The van der Waals surface area contributed by atoms with Crippen LogP contribution in [-0.4, -0.2) is 15.0 Å². The normalized spacial score (nSPS) is 14.6. The number of nitrogens with zero attached hydrogens (tertiary/aromatic N) is 3. The molecule has 3 rings (SSSR count). The maximum Gasteiger partial charge on any atom is 0.135 e. The van der Waals surface area contributed by atoms with Gasteiger partial charge in [0.25, 0.3) is 0 Å². The summed E-state index contributed by atoms with van der Waals surface area (Å²) in [7, 11) is 0. The van der Waals surface area contributed by atoms with Crippen molar-refractivity contribution in [1.82, 2.24) is 15.0 Å². The van der Waals surface area contributed by atoms with Gasteiger partial charge >= 0.3 is 0 Å². The second-order valence-corrected chi connectivity index (χ2v) is 6.03. The Morgan fingerprint density at radius 2 is 1.79 bits per heavy atom. The lowest BCUT2D eigenvalue weighted by molar-refractivity contribution is 0.882. The van der Waals surface area contributed by atoms with Crippen LogP contribution in [0.5, 0.6) is 0 Å². The van der Waals surface area contributed by atoms with E-state index in [9.17, 15) is 0 Å². The highest BCUT2D eigenvalue weighted by Gasteiger charge is 2.27. The molecule has 0 saturated heterocycles. The Labute approximate surface area is 116 Å². The molecular formula is C14H16N4S. The number of rotatable bonds is 3. The zero-order valence-corrected chi connectivity index (χ0v) is 11.9. The summed E-state index contributed by atoms with van der Waals surface area (Å²) >= 11 is 1.55. The summed E-state index contributed by atoms with van der Waals surface area (Å²) < 4.78 is 0. The van der Waals surface area contributed by atoms with E-state index in [4.69, 9.17) is 5.73 Å². The minimum absolute atomic E-state index is 0.509. The first-order valence-electron chi connectivity index (χ1n) is 6.38. The molecule has 2 aromatic rings. The molecule has 0 amide bonds. The average Bonchev–Trinajstić information content (AvgIpc) is 3.09. The molecule has 0 radical (unpaired) electrons. The van der Waals surface area contributed by atoms with Crippen LogP contribution >= 0.6 is 11.8 Å². The van der Waals surface area contributed by atoms with Crippen molar-refractivity contribution < 1.29 is 0 Å². The molecule has 0 aromatic carbocycles. The van der Waals surface area contributed by atoms with Gasteiger partial charge in [0.2, 0.25) is 0 Å². The van der Waals surface area contributed by atoms with Gasteiger partial charge in [-0.25, -0.2) is 15.0 Å². The Bertz CT molecular complexity index is 603. The van der Waals surface area contributed by atoms with Gasteiger partial charge in [-0.2, -0.15) is 0 Å². The molecule has 0 unspecified atom stereocenters. The van der Waals surface area contributed by atoms with Crippen molar-refractivity contribution in [1.29, 1.82) is 0 Å². The van der Waals surface area contributed by atoms with Gasteiger partial charge in [-0.15, -0.1) is 0 Å². The molecular weight excluding hydrogens is 256 g/mol. The van der Waals surface area contributed by atoms with E-state index in [1.165, 1.54) is 18.4 Å². The second kappa shape index (κ2) is 4.81. The van der Waals surface area contributed by atoms with Crippen LogP contribution in [0.25, 0.3) is 0 Å². The molecule has 98 valence electrons. The molecule has 1 saturated carbocycles. The zero-order valence-electron chi connectivity index (χ0n) is 11.1. The molecule has 0 bridgehead atoms. The third-order valence-electron chi connectivity index (χ3n) is 2.97. The minimum atomic E-state index is 0.509. The SMILES string of the molecule is Cc1cc(C)nc(Sc2cc(N)nc(C3CC3)n2)c1. The topological polar surface area (TPSA) is 64.7 Å². The molecule has 0 aliphatic heterocycles. The van der Waals surface area contributed by atoms with Gasteiger partial charge in [-0.05, 0) is 56.1 Å². The van der Waals surface area contributed by atoms with E-state index >= 15 is 0 Å². The van der Waals surface area contributed by atoms with Crippen molar-refractivity contribution in [2.24, 2.45) is 0 Å². The second-order valence-electron chi connectivity index (χ2n) is 4.99. The van der Waals surface area contributed by atoms with Gasteiger partial charge < -0.3 is 5.73 Å². The van der Waals surface area contributed by atoms with E-state index in [2.05, 4.69) is 34.0 Å². The maximum absolute atomic E-state index is 5.85. The van der Waals surface area contributed by atoms with Gasteiger partial charge in [0, 0.05) is 17.7 Å². The van der Waals surface area contributed by atoms with Crippen molar-refractivity contribution in [3.8, 4) is 0 Å². The summed E-state index contributed by atoms with van der Waals surface area (Å²) in [5.41, 5.74) is 8.08. The summed E-state index contributed by atoms with van der Waals surface area (Å²) in [6, 6.07) is 5.94. The lowest BCUT2D eigenvalue weighted by Gasteiger charge is -2.06. The summed E-state index contributed by atoms with van der Waals surface area (Å²) in [6.45, 7) is 4.07. The van der Waals surface area contributed by atoms with Gasteiger partial charge in [-0.3, -0.25) is 0 Å². The van der Waals surface area contributed by atoms with Crippen molar-refractivity contribution in [3.63, 3.8) is 0 Å². The standard InChI is InChI=1S/C14H16N4S/c1-8-5-9(2)16-12(6-8)19-13-7-11(15)17-14(18-13)10-3-4-10/h5-7,10H,3-4H2,1-2H3,(H2,15,17,18). The van der Waals surface area contributed by atoms with Crippen LogP contribution in [0.15, 0.2) is 28.3 Å². The summed E-state index contributed by atoms with van der Waals surface area (Å²) in [4.78, 5) is 13.4. The van der Waals surface area contributed by atoms with Crippen LogP contribution in [-0.2, 0) is 0 Å². The van der Waals surface area contributed by atoms with Crippen LogP contribution in [0.1, 0.15) is 35.8 Å². The molecule has 2 aromatic heterocycles. The molecule has 0 atom stereocenters. The Balaban J connectivity index is 1.89. The van der Waals surface area contributed by atoms with E-state index in [-0.39, 0.29) is 0 Å². The van der Waals surface area contributed by atoms with Crippen LogP contribution in [0, 0.1) is 13.8 Å². The van der Waals surface area contributed by atoms with Gasteiger partial charge in [-0.1, -0.05) is 0 Å². The molecule has 5 heteroatoms. The third kappa shape index (κ3) is 3.04. The highest BCUT2D eigenvalue weighted by molar-refractivity contribution is 7.99. The van der Waals surface area contributed by atoms with E-state index in [0.717, 1.165) is 21.6 Å². The van der Waals surface area contributed by atoms with E-state index in [1.807, 2.05) is 13.0 Å². The lowest BCUT2D eigenvalue weighted by Crippen LogP contribution is -1.99. The summed E-state index contributed by atoms with van der Waals surface area (Å²) in [6.07, 6.45) is 2.35. The Hall–Kier alpha value is -1.62. The molecule has 2 N–H and O–H groups in total. The number of nitrogen functional groups attached to an aromatic ring is 1. The predicted molar refractivity (Wildman–Crippen MR) is 76.3 cm³/mol. The van der Waals surface area contributed by atoms with Crippen molar-refractivity contribution in [2.45, 2.75) is 42.7 Å². The largest absolute Gasteiger partial charge is 0.384 e. The highest BCUT2D eigenvalue weighted by Crippen LogP contribution is 2.39. The fourth-order valence-electron chi connectivity index (χ4n) is 2.00. The van der Waals surface area contributed by atoms with Crippen molar-refractivity contribution in [3.05, 3.63) is 35.3 Å². The van der Waals surface area contributed by atoms with E-state index < -0.39 is 0 Å². The van der Waals surface area contributed by atoms with Gasteiger partial charge in [0.15, 0.2) is 0 Å². The minimum Gasteiger partial charge on any atom is -0.384 e. The number of pyridine rings is 1. The van der Waals surface area contributed by atoms with Gasteiger partial charge in [0.1, 0.15) is 21.7 Å². The molecule has 1 aliphatic carbocycles. The van der Waals surface area contributed by atoms with Crippen molar-refractivity contribution in [2.75, 3.05) is 5.73 Å². The number of hydrogen-bond acceptors (Lipinski definition) is 5. The van der Waals surface area contributed by atoms with Crippen LogP contribution in [0.3, 0.4) is 0 Å². The Morgan fingerprint density at radius 1 is 1.05 bits per heavy atom. The monoisotopic (exact) mass is 272 g/mol. The number of nitrogens with two attached hydrogens (primary N) is 1. The van der Waals surface area contributed by atoms with Crippen LogP contribution in [0.4, 0.5) is 5.82 Å². The van der Waals surface area contributed by atoms with Crippen molar-refractivity contribution >= 4 is 17.6 Å². The summed E-state index contributed by atoms with van der Waals surface area (Å²) in [5.74, 6) is 1.94. The third-order valence-corrected chi connectivity index (χ3v) is 3.80. The molecule has 0 spiro atoms. The smallest absolute Gasteiger partial charge is 0.135 e. The first kappa shape index (κ1) is 12.4. The average molecular weight is 272 g/mol. The lowest BCUT2D eigenvalue weighted by atomic mass is 10.3. The first-order valence-corrected chi connectivity index (χ1v) is 7.19. The number of aryl methyl sites for hydroxylation is 2. The summed E-state index contributed by atoms with van der Waals surface area (Å²) in [5, 5.41) is 1.84. The van der Waals surface area contributed by atoms with Crippen LogP contribution in [0.2, 0.25) is 0 Å². The van der Waals surface area contributed by atoms with E-state index in [0.29, 0.717) is 11.7 Å². The molecule has 4 nitrogen and oxygen atoms in total. The molecule has 2 heterocycles. The molecule has 19 heavy (non-hydrogen) atoms. The highest BCUT2D eigenvalue weighted by atomic mass is 32.2. The van der Waals surface area contributed by atoms with E-state index in [1.54, 1.807) is 11.8 Å². The number of aromatic nitrogens is 3. The maximum atomic E-state index is 5.85. The molecule has 1 fully saturated rings. The first-order chi connectivity index (χ1) is 9.10. The fourth-order valence-corrected chi connectivity index (χ4v) is 2.97. The number of hydrogen-bond donors (Lipinski definition) is 1. The quantitative estimate of drug-likeness (QED) is 0.870. The zero-order chi connectivity index (χ0) is 13.4. The van der Waals surface area contributed by atoms with Crippen LogP contribution < -0.4 is 5.73 Å². The predicted octanol–water partition coefficient (Wildman–Crippen LogP) is 3.10. The van der Waals surface area contributed by atoms with Gasteiger partial charge in [0.05, 0.1) is 0 Å². The Morgan fingerprint density at radius 3 is 2.47 bits per heavy atom.